The van der Waals surface area contributed by atoms with Crippen LogP contribution in [0.5, 0.6) is 0 Å². The van der Waals surface area contributed by atoms with E-state index in [0.717, 1.165) is 18.5 Å². The number of aromatic nitrogens is 1. The molecule has 2 rings (SSSR count). The average molecular weight is 239 g/mol. The van der Waals surface area contributed by atoms with E-state index in [1.165, 1.54) is 0 Å². The van der Waals surface area contributed by atoms with Crippen molar-refractivity contribution >= 4 is 17.5 Å². The third-order valence-electron chi connectivity index (χ3n) is 3.01. The first-order valence-electron chi connectivity index (χ1n) is 5.51. The molecule has 0 aromatic carbocycles. The maximum atomic E-state index is 11.3. The Kier molecular flexibility index (Phi) is 3.44. The lowest BCUT2D eigenvalue weighted by molar-refractivity contribution is -0.120. The van der Waals surface area contributed by atoms with Gasteiger partial charge in [-0.25, -0.2) is 0 Å². The van der Waals surface area contributed by atoms with Crippen molar-refractivity contribution in [1.29, 1.82) is 0 Å². The summed E-state index contributed by atoms with van der Waals surface area (Å²) < 4.78 is 0. The van der Waals surface area contributed by atoms with Gasteiger partial charge in [-0.05, 0) is 25.0 Å². The third-order valence-corrected chi connectivity index (χ3v) is 3.20. The molecule has 1 fully saturated rings. The SMILES string of the molecule is O=C(CCCl)NCC1(c2ccccn2)CC1. The molecule has 16 heavy (non-hydrogen) atoms. The molecule has 0 atom stereocenters. The predicted octanol–water partition coefficient (Wildman–Crippen LogP) is 1.86. The van der Waals surface area contributed by atoms with Gasteiger partial charge in [0.05, 0.1) is 0 Å². The van der Waals surface area contributed by atoms with Gasteiger partial charge in [-0.15, -0.1) is 11.6 Å². The minimum Gasteiger partial charge on any atom is -0.355 e. The molecule has 1 aromatic heterocycles. The first kappa shape index (κ1) is 11.4. The highest BCUT2D eigenvalue weighted by Gasteiger charge is 2.45. The highest BCUT2D eigenvalue weighted by molar-refractivity contribution is 6.18. The topological polar surface area (TPSA) is 42.0 Å². The Morgan fingerprint density at radius 2 is 2.31 bits per heavy atom. The highest BCUT2D eigenvalue weighted by atomic mass is 35.5. The lowest BCUT2D eigenvalue weighted by Crippen LogP contribution is -2.32. The molecule has 0 spiro atoms. The number of rotatable bonds is 5. The number of nitrogens with one attached hydrogen (secondary N) is 1. The molecule has 0 bridgehead atoms. The molecular weight excluding hydrogens is 224 g/mol. The molecule has 1 aliphatic carbocycles. The Morgan fingerprint density at radius 1 is 1.50 bits per heavy atom. The van der Waals surface area contributed by atoms with Crippen molar-refractivity contribution in [1.82, 2.24) is 10.3 Å². The molecule has 1 N–H and O–H groups in total. The Bertz CT molecular complexity index is 363. The normalized spacial score (nSPS) is 16.8. The largest absolute Gasteiger partial charge is 0.355 e. The van der Waals surface area contributed by atoms with E-state index in [-0.39, 0.29) is 11.3 Å². The summed E-state index contributed by atoms with van der Waals surface area (Å²) in [5, 5.41) is 2.92. The third kappa shape index (κ3) is 2.53. The summed E-state index contributed by atoms with van der Waals surface area (Å²) in [7, 11) is 0. The molecule has 0 unspecified atom stereocenters. The van der Waals surface area contributed by atoms with Crippen molar-refractivity contribution in [3.63, 3.8) is 0 Å². The van der Waals surface area contributed by atoms with Crippen LogP contribution >= 0.6 is 11.6 Å². The van der Waals surface area contributed by atoms with Crippen molar-refractivity contribution in [3.8, 4) is 0 Å². The van der Waals surface area contributed by atoms with Crippen LogP contribution in [0.15, 0.2) is 24.4 Å². The molecule has 1 saturated carbocycles. The molecule has 4 heteroatoms. The van der Waals surface area contributed by atoms with E-state index in [1.807, 2.05) is 18.2 Å². The van der Waals surface area contributed by atoms with Gasteiger partial charge in [-0.3, -0.25) is 9.78 Å². The van der Waals surface area contributed by atoms with E-state index in [1.54, 1.807) is 6.20 Å². The molecule has 0 aliphatic heterocycles. The van der Waals surface area contributed by atoms with Crippen LogP contribution in [-0.2, 0) is 10.2 Å². The Balaban J connectivity index is 1.92. The number of pyridine rings is 1. The Hall–Kier alpha value is -1.09. The summed E-state index contributed by atoms with van der Waals surface area (Å²) in [4.78, 5) is 15.7. The lowest BCUT2D eigenvalue weighted by atomic mass is 10.0. The first-order chi connectivity index (χ1) is 7.77. The fourth-order valence-corrected chi connectivity index (χ4v) is 1.96. The smallest absolute Gasteiger partial charge is 0.221 e. The number of nitrogens with zero attached hydrogens (tertiary/aromatic N) is 1. The van der Waals surface area contributed by atoms with Gasteiger partial charge >= 0.3 is 0 Å². The number of carbonyl (C=O) groups excluding carboxylic acids is 1. The van der Waals surface area contributed by atoms with Crippen LogP contribution in [0.3, 0.4) is 0 Å². The van der Waals surface area contributed by atoms with E-state index in [4.69, 9.17) is 11.6 Å². The molecule has 1 aliphatic rings. The fraction of sp³-hybridized carbons (Fsp3) is 0.500. The summed E-state index contributed by atoms with van der Waals surface area (Å²) in [6.45, 7) is 0.680. The van der Waals surface area contributed by atoms with E-state index in [9.17, 15) is 4.79 Å². The number of halogens is 1. The van der Waals surface area contributed by atoms with Crippen LogP contribution in [0.1, 0.15) is 25.0 Å². The predicted molar refractivity (Wildman–Crippen MR) is 63.5 cm³/mol. The quantitative estimate of drug-likeness (QED) is 0.796. The number of hydrogen-bond donors (Lipinski definition) is 1. The standard InChI is InChI=1S/C12H15ClN2O/c13-7-4-11(16)15-9-12(5-6-12)10-3-1-2-8-14-10/h1-3,8H,4-7,9H2,(H,15,16). The van der Waals surface area contributed by atoms with Crippen molar-refractivity contribution in [2.24, 2.45) is 0 Å². The molecule has 86 valence electrons. The Morgan fingerprint density at radius 3 is 2.88 bits per heavy atom. The van der Waals surface area contributed by atoms with Crippen molar-refractivity contribution in [2.75, 3.05) is 12.4 Å². The zero-order valence-electron chi connectivity index (χ0n) is 9.08. The van der Waals surface area contributed by atoms with E-state index >= 15 is 0 Å². The summed E-state index contributed by atoms with van der Waals surface area (Å²) in [6.07, 6.45) is 4.40. The van der Waals surface area contributed by atoms with Crippen LogP contribution in [0, 0.1) is 0 Å². The molecule has 0 saturated heterocycles. The second kappa shape index (κ2) is 4.83. The van der Waals surface area contributed by atoms with Gasteiger partial charge in [-0.2, -0.15) is 0 Å². The fourth-order valence-electron chi connectivity index (χ4n) is 1.79. The molecule has 3 nitrogen and oxygen atoms in total. The zero-order valence-corrected chi connectivity index (χ0v) is 9.83. The van der Waals surface area contributed by atoms with Crippen molar-refractivity contribution in [2.45, 2.75) is 24.7 Å². The van der Waals surface area contributed by atoms with Crippen LogP contribution in [0.4, 0.5) is 0 Å². The average Bonchev–Trinajstić information content (AvgIpc) is 3.09. The van der Waals surface area contributed by atoms with Gasteiger partial charge in [0.1, 0.15) is 0 Å². The maximum Gasteiger partial charge on any atom is 0.221 e. The van der Waals surface area contributed by atoms with Gasteiger partial charge in [0, 0.05) is 36.2 Å². The van der Waals surface area contributed by atoms with Crippen LogP contribution in [0.2, 0.25) is 0 Å². The summed E-state index contributed by atoms with van der Waals surface area (Å²) in [5.41, 5.74) is 1.17. The maximum absolute atomic E-state index is 11.3. The molecule has 1 amide bonds. The van der Waals surface area contributed by atoms with E-state index < -0.39 is 0 Å². The van der Waals surface area contributed by atoms with Crippen LogP contribution in [-0.4, -0.2) is 23.3 Å². The van der Waals surface area contributed by atoms with Gasteiger partial charge in [0.15, 0.2) is 0 Å². The van der Waals surface area contributed by atoms with Crippen LogP contribution < -0.4 is 5.32 Å². The highest BCUT2D eigenvalue weighted by Crippen LogP contribution is 2.46. The number of carbonyl (C=O) groups is 1. The van der Waals surface area contributed by atoms with Gasteiger partial charge in [0.25, 0.3) is 0 Å². The minimum absolute atomic E-state index is 0.0252. The molecular formula is C12H15ClN2O. The summed E-state index contributed by atoms with van der Waals surface area (Å²) in [6, 6.07) is 5.93. The lowest BCUT2D eigenvalue weighted by Gasteiger charge is -2.15. The second-order valence-corrected chi connectivity index (χ2v) is 4.59. The number of alkyl halides is 1. The number of amides is 1. The monoisotopic (exact) mass is 238 g/mol. The summed E-state index contributed by atoms with van der Waals surface area (Å²) >= 11 is 5.51. The summed E-state index contributed by atoms with van der Waals surface area (Å²) in [5.74, 6) is 0.403. The van der Waals surface area contributed by atoms with Gasteiger partial charge < -0.3 is 5.32 Å². The van der Waals surface area contributed by atoms with Crippen molar-refractivity contribution < 1.29 is 4.79 Å². The zero-order chi connectivity index (χ0) is 11.4. The number of hydrogen-bond acceptors (Lipinski definition) is 2. The molecule has 1 aromatic rings. The molecule has 0 radical (unpaired) electrons. The van der Waals surface area contributed by atoms with E-state index in [2.05, 4.69) is 10.3 Å². The first-order valence-corrected chi connectivity index (χ1v) is 6.04. The van der Waals surface area contributed by atoms with E-state index in [0.29, 0.717) is 18.8 Å². The van der Waals surface area contributed by atoms with Gasteiger partial charge in [0.2, 0.25) is 5.91 Å². The van der Waals surface area contributed by atoms with Crippen LogP contribution in [0.25, 0.3) is 0 Å². The molecule has 1 heterocycles. The Labute approximate surface area is 100 Å². The van der Waals surface area contributed by atoms with Gasteiger partial charge in [-0.1, -0.05) is 6.07 Å². The minimum atomic E-state index is 0.0252. The van der Waals surface area contributed by atoms with Crippen molar-refractivity contribution in [3.05, 3.63) is 30.1 Å². The second-order valence-electron chi connectivity index (χ2n) is 4.21.